The molecule has 0 saturated carbocycles. The van der Waals surface area contributed by atoms with Crippen molar-refractivity contribution >= 4 is 34.5 Å². The Hall–Kier alpha value is -2.87. The van der Waals surface area contributed by atoms with Crippen LogP contribution in [0, 0.1) is 5.92 Å². The summed E-state index contributed by atoms with van der Waals surface area (Å²) < 4.78 is 5.17. The number of nitrogens with zero attached hydrogens (tertiary/aromatic N) is 4. The summed E-state index contributed by atoms with van der Waals surface area (Å²) in [5.41, 5.74) is 2.44. The van der Waals surface area contributed by atoms with Crippen molar-refractivity contribution < 1.29 is 9.53 Å². The Bertz CT molecular complexity index is 990. The number of fused-ring (bicyclic) bond motifs is 1. The number of imidazole rings is 1. The largest absolute Gasteiger partial charge is 0.497 e. The minimum absolute atomic E-state index is 0.0734. The fraction of sp³-hybridized carbons (Fsp3) is 0.400. The van der Waals surface area contributed by atoms with Gasteiger partial charge in [0.15, 0.2) is 11.5 Å². The second-order valence-electron chi connectivity index (χ2n) is 7.09. The number of nitrogens with one attached hydrogen (secondary N) is 2. The average Bonchev–Trinajstić information content (AvgIpc) is 3.22. The third-order valence-electron chi connectivity index (χ3n) is 5.20. The normalized spacial score (nSPS) is 16.8. The Balaban J connectivity index is 1.36. The van der Waals surface area contributed by atoms with Crippen molar-refractivity contribution in [2.24, 2.45) is 5.92 Å². The quantitative estimate of drug-likeness (QED) is 0.602. The zero-order chi connectivity index (χ0) is 20.2. The molecule has 29 heavy (non-hydrogen) atoms. The first kappa shape index (κ1) is 19.4. The predicted octanol–water partition coefficient (Wildman–Crippen LogP) is 2.59. The van der Waals surface area contributed by atoms with E-state index in [2.05, 4.69) is 30.2 Å². The Morgan fingerprint density at radius 3 is 2.97 bits per heavy atom. The molecule has 0 bridgehead atoms. The van der Waals surface area contributed by atoms with Crippen molar-refractivity contribution in [3.63, 3.8) is 0 Å². The summed E-state index contributed by atoms with van der Waals surface area (Å²) in [6.45, 7) is 2.01. The Morgan fingerprint density at radius 2 is 2.17 bits per heavy atom. The molecular weight excluding hydrogens is 392 g/mol. The lowest BCUT2D eigenvalue weighted by atomic mass is 9.97. The molecule has 0 aliphatic carbocycles. The maximum Gasteiger partial charge on any atom is 0.226 e. The highest BCUT2D eigenvalue weighted by Crippen LogP contribution is 2.27. The summed E-state index contributed by atoms with van der Waals surface area (Å²) in [5, 5.41) is 3.23. The van der Waals surface area contributed by atoms with E-state index in [-0.39, 0.29) is 17.1 Å². The van der Waals surface area contributed by atoms with Gasteiger partial charge in [-0.05, 0) is 48.6 Å². The van der Waals surface area contributed by atoms with Gasteiger partial charge in [0.2, 0.25) is 11.2 Å². The van der Waals surface area contributed by atoms with E-state index >= 15 is 0 Å². The summed E-state index contributed by atoms with van der Waals surface area (Å²) in [4.78, 5) is 30.5. The van der Waals surface area contributed by atoms with E-state index < -0.39 is 0 Å². The number of methoxy groups -OCH3 is 1. The fourth-order valence-corrected chi connectivity index (χ4v) is 3.83. The van der Waals surface area contributed by atoms with Gasteiger partial charge in [-0.1, -0.05) is 12.1 Å². The maximum absolute atomic E-state index is 12.7. The van der Waals surface area contributed by atoms with Crippen LogP contribution in [0.5, 0.6) is 5.75 Å². The molecule has 4 rings (SSSR count). The van der Waals surface area contributed by atoms with Crippen LogP contribution in [-0.4, -0.2) is 52.6 Å². The zero-order valence-corrected chi connectivity index (χ0v) is 16.9. The molecule has 2 aromatic heterocycles. The molecule has 3 heterocycles. The second kappa shape index (κ2) is 8.65. The molecule has 0 spiro atoms. The highest BCUT2D eigenvalue weighted by atomic mass is 35.5. The van der Waals surface area contributed by atoms with Crippen molar-refractivity contribution in [3.8, 4) is 5.75 Å². The van der Waals surface area contributed by atoms with E-state index in [9.17, 15) is 4.79 Å². The first-order chi connectivity index (χ1) is 14.1. The number of H-pyrrole nitrogens is 1. The van der Waals surface area contributed by atoms with Gasteiger partial charge in [-0.15, -0.1) is 0 Å². The molecule has 0 radical (unpaired) electrons. The Morgan fingerprint density at radius 1 is 1.34 bits per heavy atom. The molecule has 1 saturated heterocycles. The molecule has 3 aromatic rings. The van der Waals surface area contributed by atoms with Gasteiger partial charge in [-0.3, -0.25) is 4.79 Å². The number of hydrogen-bond donors (Lipinski definition) is 2. The molecule has 8 nitrogen and oxygen atoms in total. The number of anilines is 1. The number of amides is 1. The van der Waals surface area contributed by atoms with Crippen LogP contribution in [0.2, 0.25) is 5.28 Å². The summed E-state index contributed by atoms with van der Waals surface area (Å²) in [7, 11) is 1.65. The highest BCUT2D eigenvalue weighted by Gasteiger charge is 2.28. The first-order valence-electron chi connectivity index (χ1n) is 9.66. The van der Waals surface area contributed by atoms with Crippen molar-refractivity contribution in [2.45, 2.75) is 19.3 Å². The first-order valence-corrected chi connectivity index (χ1v) is 10.0. The van der Waals surface area contributed by atoms with E-state index in [0.717, 1.165) is 42.6 Å². The van der Waals surface area contributed by atoms with Gasteiger partial charge in [0.25, 0.3) is 0 Å². The van der Waals surface area contributed by atoms with Crippen LogP contribution in [0.15, 0.2) is 30.6 Å². The number of halogens is 1. The monoisotopic (exact) mass is 414 g/mol. The van der Waals surface area contributed by atoms with Crippen molar-refractivity contribution in [3.05, 3.63) is 41.4 Å². The van der Waals surface area contributed by atoms with E-state index in [1.54, 1.807) is 13.4 Å². The SMILES string of the molecule is COc1ccc(CCNC(=O)[C@H]2CCCN(c3nc(Cl)nc4nc[nH]c34)C2)cc1. The van der Waals surface area contributed by atoms with E-state index in [1.165, 1.54) is 0 Å². The lowest BCUT2D eigenvalue weighted by molar-refractivity contribution is -0.125. The number of carbonyl (C=O) groups excluding carboxylic acids is 1. The topological polar surface area (TPSA) is 96.0 Å². The number of rotatable bonds is 6. The van der Waals surface area contributed by atoms with Crippen LogP contribution >= 0.6 is 11.6 Å². The number of benzene rings is 1. The zero-order valence-electron chi connectivity index (χ0n) is 16.2. The van der Waals surface area contributed by atoms with Crippen LogP contribution in [0.3, 0.4) is 0 Å². The van der Waals surface area contributed by atoms with Crippen molar-refractivity contribution in [1.29, 1.82) is 0 Å². The molecule has 1 atom stereocenters. The maximum atomic E-state index is 12.7. The van der Waals surface area contributed by atoms with Gasteiger partial charge in [-0.2, -0.15) is 9.97 Å². The molecule has 2 N–H and O–H groups in total. The van der Waals surface area contributed by atoms with Gasteiger partial charge in [-0.25, -0.2) is 4.98 Å². The summed E-state index contributed by atoms with van der Waals surface area (Å²) in [5.74, 6) is 1.51. The Labute approximate surface area is 173 Å². The summed E-state index contributed by atoms with van der Waals surface area (Å²) in [6.07, 6.45) is 4.12. The van der Waals surface area contributed by atoms with Crippen molar-refractivity contribution in [2.75, 3.05) is 31.6 Å². The molecule has 152 valence electrons. The van der Waals surface area contributed by atoms with Gasteiger partial charge >= 0.3 is 0 Å². The molecule has 1 fully saturated rings. The lowest BCUT2D eigenvalue weighted by Gasteiger charge is -2.33. The molecule has 1 aliphatic heterocycles. The molecule has 1 aromatic carbocycles. The van der Waals surface area contributed by atoms with Gasteiger partial charge in [0.1, 0.15) is 11.3 Å². The van der Waals surface area contributed by atoms with Gasteiger partial charge in [0.05, 0.1) is 19.4 Å². The van der Waals surface area contributed by atoms with Crippen LogP contribution in [0.25, 0.3) is 11.2 Å². The number of aromatic amines is 1. The number of aromatic nitrogens is 4. The van der Waals surface area contributed by atoms with Crippen LogP contribution in [-0.2, 0) is 11.2 Å². The number of ether oxygens (including phenoxy) is 1. The lowest BCUT2D eigenvalue weighted by Crippen LogP contribution is -2.44. The van der Waals surface area contributed by atoms with E-state index in [0.29, 0.717) is 24.6 Å². The van der Waals surface area contributed by atoms with Gasteiger partial charge in [0, 0.05) is 19.6 Å². The van der Waals surface area contributed by atoms with Crippen LogP contribution in [0.1, 0.15) is 18.4 Å². The number of hydrogen-bond acceptors (Lipinski definition) is 6. The van der Waals surface area contributed by atoms with Crippen LogP contribution in [0.4, 0.5) is 5.82 Å². The minimum Gasteiger partial charge on any atom is -0.497 e. The fourth-order valence-electron chi connectivity index (χ4n) is 3.67. The minimum atomic E-state index is -0.0914. The summed E-state index contributed by atoms with van der Waals surface area (Å²) >= 11 is 6.05. The standard InChI is InChI=1S/C20H23ClN6O2/c1-29-15-6-4-13(5-7-15)8-9-22-19(28)14-3-2-10-27(11-14)18-16-17(24-12-23-16)25-20(21)26-18/h4-7,12,14H,2-3,8-11H2,1H3,(H,22,28)(H,23,24,25,26)/t14-/m0/s1. The predicted molar refractivity (Wildman–Crippen MR) is 111 cm³/mol. The van der Waals surface area contributed by atoms with Crippen molar-refractivity contribution in [1.82, 2.24) is 25.3 Å². The van der Waals surface area contributed by atoms with Gasteiger partial charge < -0.3 is 19.9 Å². The molecule has 1 amide bonds. The smallest absolute Gasteiger partial charge is 0.226 e. The molecule has 1 aliphatic rings. The molecule has 9 heteroatoms. The highest BCUT2D eigenvalue weighted by molar-refractivity contribution is 6.28. The second-order valence-corrected chi connectivity index (χ2v) is 7.43. The third kappa shape index (κ3) is 4.42. The third-order valence-corrected chi connectivity index (χ3v) is 5.37. The molecule has 0 unspecified atom stereocenters. The number of piperidine rings is 1. The van der Waals surface area contributed by atoms with E-state index in [1.807, 2.05) is 24.3 Å². The Kier molecular flexibility index (Phi) is 5.80. The van der Waals surface area contributed by atoms with Crippen LogP contribution < -0.4 is 15.0 Å². The van der Waals surface area contributed by atoms with E-state index in [4.69, 9.17) is 16.3 Å². The summed E-state index contributed by atoms with van der Waals surface area (Å²) in [6, 6.07) is 7.89. The number of carbonyl (C=O) groups is 1. The average molecular weight is 415 g/mol. The molecular formula is C20H23ClN6O2.